The van der Waals surface area contributed by atoms with Crippen LogP contribution in [0.25, 0.3) is 0 Å². The molecule has 2 aromatic rings. The number of hydrogen-bond acceptors (Lipinski definition) is 4. The van der Waals surface area contributed by atoms with E-state index in [1.54, 1.807) is 7.11 Å². The maximum atomic E-state index is 13.1. The molecular weight excluding hydrogens is 352 g/mol. The number of imidazole rings is 1. The van der Waals surface area contributed by atoms with E-state index in [0.29, 0.717) is 5.92 Å². The highest BCUT2D eigenvalue weighted by Crippen LogP contribution is 2.28. The van der Waals surface area contributed by atoms with Gasteiger partial charge in [0.05, 0.1) is 7.11 Å². The number of aromatic nitrogens is 2. The Bertz CT molecular complexity index is 800. The van der Waals surface area contributed by atoms with E-state index in [0.717, 1.165) is 68.1 Å². The van der Waals surface area contributed by atoms with E-state index in [4.69, 9.17) is 4.74 Å². The van der Waals surface area contributed by atoms with Gasteiger partial charge in [-0.25, -0.2) is 4.98 Å². The Kier molecular flexibility index (Phi) is 6.73. The zero-order valence-corrected chi connectivity index (χ0v) is 17.5. The number of amides is 1. The molecule has 1 aliphatic heterocycles. The van der Waals surface area contributed by atoms with Gasteiger partial charge in [-0.3, -0.25) is 4.79 Å². The van der Waals surface area contributed by atoms with Crippen molar-refractivity contribution in [2.75, 3.05) is 40.8 Å². The van der Waals surface area contributed by atoms with E-state index in [1.165, 1.54) is 0 Å². The molecule has 3 rings (SSSR count). The molecule has 0 unspecified atom stereocenters. The zero-order valence-electron chi connectivity index (χ0n) is 17.5. The SMILES string of the molecule is COc1ccc(C(=O)N2CCC[C@H](c3nccn3CCCN(C)C)C2)c(C)c1. The van der Waals surface area contributed by atoms with E-state index < -0.39 is 0 Å². The number of methoxy groups -OCH3 is 1. The highest BCUT2D eigenvalue weighted by molar-refractivity contribution is 5.96. The molecule has 1 saturated heterocycles. The van der Waals surface area contributed by atoms with Gasteiger partial charge in [-0.15, -0.1) is 0 Å². The van der Waals surface area contributed by atoms with Crippen LogP contribution in [0.3, 0.4) is 0 Å². The molecule has 0 aliphatic carbocycles. The predicted molar refractivity (Wildman–Crippen MR) is 111 cm³/mol. The van der Waals surface area contributed by atoms with Crippen LogP contribution in [0.15, 0.2) is 30.6 Å². The quantitative estimate of drug-likeness (QED) is 0.736. The number of hydrogen-bond donors (Lipinski definition) is 0. The summed E-state index contributed by atoms with van der Waals surface area (Å²) in [6, 6.07) is 5.66. The first-order valence-corrected chi connectivity index (χ1v) is 10.1. The van der Waals surface area contributed by atoms with Crippen molar-refractivity contribution in [2.45, 2.75) is 38.6 Å². The topological polar surface area (TPSA) is 50.6 Å². The summed E-state index contributed by atoms with van der Waals surface area (Å²) in [5, 5.41) is 0. The third kappa shape index (κ3) is 4.73. The molecule has 1 atom stereocenters. The molecule has 0 N–H and O–H groups in total. The zero-order chi connectivity index (χ0) is 20.1. The molecule has 0 spiro atoms. The van der Waals surface area contributed by atoms with Gasteiger partial charge in [0.15, 0.2) is 0 Å². The normalized spacial score (nSPS) is 17.2. The molecule has 1 aromatic heterocycles. The van der Waals surface area contributed by atoms with Gasteiger partial charge in [0.25, 0.3) is 5.91 Å². The molecule has 0 radical (unpaired) electrons. The monoisotopic (exact) mass is 384 g/mol. The van der Waals surface area contributed by atoms with Gasteiger partial charge in [-0.2, -0.15) is 0 Å². The Morgan fingerprint density at radius 2 is 2.18 bits per heavy atom. The number of benzene rings is 1. The first-order chi connectivity index (χ1) is 13.5. The number of ether oxygens (including phenoxy) is 1. The molecule has 1 aliphatic rings. The first-order valence-electron chi connectivity index (χ1n) is 10.1. The van der Waals surface area contributed by atoms with Crippen LogP contribution in [0.5, 0.6) is 5.75 Å². The number of carbonyl (C=O) groups is 1. The van der Waals surface area contributed by atoms with Crippen molar-refractivity contribution in [3.8, 4) is 5.75 Å². The summed E-state index contributed by atoms with van der Waals surface area (Å²) in [5.41, 5.74) is 1.72. The van der Waals surface area contributed by atoms with Crippen molar-refractivity contribution < 1.29 is 9.53 Å². The van der Waals surface area contributed by atoms with Crippen molar-refractivity contribution in [2.24, 2.45) is 0 Å². The average Bonchev–Trinajstić information content (AvgIpc) is 3.15. The highest BCUT2D eigenvalue weighted by Gasteiger charge is 2.28. The van der Waals surface area contributed by atoms with Crippen molar-refractivity contribution in [1.82, 2.24) is 19.4 Å². The van der Waals surface area contributed by atoms with Crippen LogP contribution in [0.2, 0.25) is 0 Å². The number of carbonyl (C=O) groups excluding carboxylic acids is 1. The lowest BCUT2D eigenvalue weighted by molar-refractivity contribution is 0.0702. The van der Waals surface area contributed by atoms with Crippen molar-refractivity contribution in [3.05, 3.63) is 47.5 Å². The second-order valence-corrected chi connectivity index (χ2v) is 7.91. The third-order valence-corrected chi connectivity index (χ3v) is 5.49. The van der Waals surface area contributed by atoms with Crippen LogP contribution in [0.1, 0.15) is 46.9 Å². The molecule has 0 bridgehead atoms. The Morgan fingerprint density at radius 3 is 2.89 bits per heavy atom. The van der Waals surface area contributed by atoms with Crippen LogP contribution in [-0.4, -0.2) is 66.1 Å². The van der Waals surface area contributed by atoms with Gasteiger partial charge < -0.3 is 19.1 Å². The molecule has 0 saturated carbocycles. The Hall–Kier alpha value is -2.34. The van der Waals surface area contributed by atoms with E-state index >= 15 is 0 Å². The summed E-state index contributed by atoms with van der Waals surface area (Å²) < 4.78 is 7.53. The maximum Gasteiger partial charge on any atom is 0.254 e. The number of likely N-dealkylation sites (tertiary alicyclic amines) is 1. The van der Waals surface area contributed by atoms with Gasteiger partial charge in [0, 0.05) is 43.5 Å². The molecule has 6 heteroatoms. The largest absolute Gasteiger partial charge is 0.497 e. The molecule has 152 valence electrons. The van der Waals surface area contributed by atoms with Gasteiger partial charge in [0.2, 0.25) is 0 Å². The molecule has 6 nitrogen and oxygen atoms in total. The second-order valence-electron chi connectivity index (χ2n) is 7.91. The van der Waals surface area contributed by atoms with Crippen LogP contribution in [-0.2, 0) is 6.54 Å². The molecule has 1 aromatic carbocycles. The van der Waals surface area contributed by atoms with Crippen molar-refractivity contribution >= 4 is 5.91 Å². The maximum absolute atomic E-state index is 13.1. The van der Waals surface area contributed by atoms with Gasteiger partial charge in [-0.05, 0) is 70.6 Å². The lowest BCUT2D eigenvalue weighted by atomic mass is 9.96. The standard InChI is InChI=1S/C22H32N4O2/c1-17-15-19(28-4)8-9-20(17)22(27)26-12-5-7-18(16-26)21-23-10-14-25(21)13-6-11-24(2)3/h8-10,14-15,18H,5-7,11-13,16H2,1-4H3/t18-/m0/s1. The number of nitrogens with zero attached hydrogens (tertiary/aromatic N) is 4. The van der Waals surface area contributed by atoms with Crippen molar-refractivity contribution in [3.63, 3.8) is 0 Å². The minimum atomic E-state index is 0.107. The van der Waals surface area contributed by atoms with Crippen LogP contribution in [0.4, 0.5) is 0 Å². The average molecular weight is 385 g/mol. The van der Waals surface area contributed by atoms with Gasteiger partial charge in [0.1, 0.15) is 11.6 Å². The Morgan fingerprint density at radius 1 is 1.36 bits per heavy atom. The molecule has 1 amide bonds. The van der Waals surface area contributed by atoms with Gasteiger partial charge in [-0.1, -0.05) is 0 Å². The van der Waals surface area contributed by atoms with Crippen LogP contribution in [0, 0.1) is 6.92 Å². The molecule has 28 heavy (non-hydrogen) atoms. The summed E-state index contributed by atoms with van der Waals surface area (Å²) in [7, 11) is 5.84. The highest BCUT2D eigenvalue weighted by atomic mass is 16.5. The van der Waals surface area contributed by atoms with Crippen LogP contribution < -0.4 is 4.74 Å². The Balaban J connectivity index is 1.69. The summed E-state index contributed by atoms with van der Waals surface area (Å²) in [4.78, 5) is 21.9. The van der Waals surface area contributed by atoms with E-state index in [1.807, 2.05) is 36.2 Å². The number of piperidine rings is 1. The summed E-state index contributed by atoms with van der Waals surface area (Å²) >= 11 is 0. The fraction of sp³-hybridized carbons (Fsp3) is 0.545. The fourth-order valence-corrected chi connectivity index (χ4v) is 3.97. The minimum Gasteiger partial charge on any atom is -0.497 e. The smallest absolute Gasteiger partial charge is 0.254 e. The molecular formula is C22H32N4O2. The van der Waals surface area contributed by atoms with Crippen molar-refractivity contribution in [1.29, 1.82) is 0 Å². The number of rotatable bonds is 7. The number of aryl methyl sites for hydroxylation is 2. The third-order valence-electron chi connectivity index (χ3n) is 5.49. The lowest BCUT2D eigenvalue weighted by Crippen LogP contribution is -2.40. The first kappa shape index (κ1) is 20.4. The fourth-order valence-electron chi connectivity index (χ4n) is 3.97. The van der Waals surface area contributed by atoms with E-state index in [9.17, 15) is 4.79 Å². The van der Waals surface area contributed by atoms with E-state index in [-0.39, 0.29) is 5.91 Å². The lowest BCUT2D eigenvalue weighted by Gasteiger charge is -2.33. The minimum absolute atomic E-state index is 0.107. The second kappa shape index (κ2) is 9.24. The Labute approximate surface area is 168 Å². The van der Waals surface area contributed by atoms with E-state index in [2.05, 4.69) is 34.7 Å². The summed E-state index contributed by atoms with van der Waals surface area (Å²) in [6.45, 7) is 5.53. The summed E-state index contributed by atoms with van der Waals surface area (Å²) in [6.07, 6.45) is 7.14. The predicted octanol–water partition coefficient (Wildman–Crippen LogP) is 3.17. The molecule has 1 fully saturated rings. The van der Waals surface area contributed by atoms with Crippen LogP contribution >= 0.6 is 0 Å². The van der Waals surface area contributed by atoms with Gasteiger partial charge >= 0.3 is 0 Å². The summed E-state index contributed by atoms with van der Waals surface area (Å²) in [5.74, 6) is 2.30. The molecule has 2 heterocycles.